The number of fused-ring (bicyclic) bond motifs is 4. The second-order valence-electron chi connectivity index (χ2n) is 8.58. The van der Waals surface area contributed by atoms with Gasteiger partial charge in [0.15, 0.2) is 0 Å². The van der Waals surface area contributed by atoms with Crippen LogP contribution in [0.3, 0.4) is 0 Å². The van der Waals surface area contributed by atoms with Crippen molar-refractivity contribution in [2.45, 2.75) is 24.9 Å². The van der Waals surface area contributed by atoms with Gasteiger partial charge in [-0.3, -0.25) is 29.8 Å². The van der Waals surface area contributed by atoms with Gasteiger partial charge in [-0.05, 0) is 43.0 Å². The Hall–Kier alpha value is -3.24. The van der Waals surface area contributed by atoms with Gasteiger partial charge in [0.1, 0.15) is 5.54 Å². The van der Waals surface area contributed by atoms with Gasteiger partial charge in [0.25, 0.3) is 5.69 Å². The number of hydrogen-bond acceptors (Lipinski definition) is 7. The molecule has 0 saturated carbocycles. The van der Waals surface area contributed by atoms with Gasteiger partial charge in [0.2, 0.25) is 17.7 Å². The average Bonchev–Trinajstić information content (AvgIpc) is 3.37. The molecule has 0 radical (unpaired) electrons. The van der Waals surface area contributed by atoms with Crippen LogP contribution in [0.25, 0.3) is 0 Å². The number of anilines is 2. The maximum Gasteiger partial charge on any atom is 0.269 e. The minimum Gasteiger partial charge on any atom is -0.324 e. The van der Waals surface area contributed by atoms with E-state index in [1.54, 1.807) is 24.8 Å². The number of nitro groups is 1. The normalized spacial score (nSPS) is 27.8. The molecule has 0 aliphatic carbocycles. The molecule has 3 aliphatic heterocycles. The van der Waals surface area contributed by atoms with Crippen molar-refractivity contribution in [3.8, 4) is 0 Å². The number of non-ortho nitro benzene ring substituents is 1. The topological polar surface area (TPSA) is 122 Å². The van der Waals surface area contributed by atoms with Crippen molar-refractivity contribution in [1.82, 2.24) is 5.32 Å². The Morgan fingerprint density at radius 3 is 2.61 bits per heavy atom. The van der Waals surface area contributed by atoms with Crippen LogP contribution in [0.4, 0.5) is 17.1 Å². The number of thioether (sulfide) groups is 1. The summed E-state index contributed by atoms with van der Waals surface area (Å²) < 4.78 is 0. The second kappa shape index (κ2) is 7.67. The third kappa shape index (κ3) is 2.94. The minimum atomic E-state index is -1.33. The SMILES string of the molecule is CSCC[C@H]1N[C@@]2(C(=O)Nc3ccccc32)[C@@H]2C(=O)N(c3ccc([N+](=O)[O-])cc3C)C(=O)[C@H]21. The number of nitro benzene ring substituents is 1. The lowest BCUT2D eigenvalue weighted by Gasteiger charge is -2.29. The molecule has 4 atom stereocenters. The molecular formula is C23H22N4O5S. The highest BCUT2D eigenvalue weighted by Gasteiger charge is 2.70. The van der Waals surface area contributed by atoms with E-state index >= 15 is 0 Å². The molecule has 0 aromatic heterocycles. The lowest BCUT2D eigenvalue weighted by molar-refractivity contribution is -0.384. The summed E-state index contributed by atoms with van der Waals surface area (Å²) in [5.41, 5.74) is 0.612. The largest absolute Gasteiger partial charge is 0.324 e. The molecular weight excluding hydrogens is 444 g/mol. The number of rotatable bonds is 5. The minimum absolute atomic E-state index is 0.115. The van der Waals surface area contributed by atoms with Gasteiger partial charge in [0.05, 0.1) is 22.4 Å². The number of carbonyl (C=O) groups is 3. The molecule has 3 amide bonds. The Labute approximate surface area is 194 Å². The molecule has 0 unspecified atom stereocenters. The molecule has 1 spiro atoms. The zero-order valence-electron chi connectivity index (χ0n) is 18.0. The van der Waals surface area contributed by atoms with Gasteiger partial charge in [0, 0.05) is 29.4 Å². The zero-order chi connectivity index (χ0) is 23.5. The van der Waals surface area contributed by atoms with E-state index in [2.05, 4.69) is 10.6 Å². The summed E-state index contributed by atoms with van der Waals surface area (Å²) in [6, 6.07) is 10.9. The molecule has 2 N–H and O–H groups in total. The Morgan fingerprint density at radius 1 is 1.15 bits per heavy atom. The highest BCUT2D eigenvalue weighted by atomic mass is 32.2. The van der Waals surface area contributed by atoms with Crippen LogP contribution in [0.5, 0.6) is 0 Å². The third-order valence-electron chi connectivity index (χ3n) is 6.89. The Kier molecular flexibility index (Phi) is 5.02. The molecule has 10 heteroatoms. The highest BCUT2D eigenvalue weighted by molar-refractivity contribution is 7.98. The number of benzene rings is 2. The van der Waals surface area contributed by atoms with Gasteiger partial charge < -0.3 is 5.32 Å². The van der Waals surface area contributed by atoms with E-state index in [9.17, 15) is 24.5 Å². The summed E-state index contributed by atoms with van der Waals surface area (Å²) in [5, 5.41) is 17.4. The zero-order valence-corrected chi connectivity index (χ0v) is 18.8. The van der Waals surface area contributed by atoms with Crippen LogP contribution in [-0.2, 0) is 19.9 Å². The summed E-state index contributed by atoms with van der Waals surface area (Å²) in [6.45, 7) is 1.63. The first-order valence-corrected chi connectivity index (χ1v) is 12.0. The number of aryl methyl sites for hydroxylation is 1. The van der Waals surface area contributed by atoms with E-state index in [1.807, 2.05) is 24.5 Å². The van der Waals surface area contributed by atoms with Crippen LogP contribution in [-0.4, -0.2) is 40.7 Å². The number of carbonyl (C=O) groups excluding carboxylic acids is 3. The molecule has 170 valence electrons. The Morgan fingerprint density at radius 2 is 1.91 bits per heavy atom. The number of para-hydroxylation sites is 1. The smallest absolute Gasteiger partial charge is 0.269 e. The van der Waals surface area contributed by atoms with Crippen LogP contribution in [0.1, 0.15) is 17.5 Å². The van der Waals surface area contributed by atoms with Crippen LogP contribution >= 0.6 is 11.8 Å². The second-order valence-corrected chi connectivity index (χ2v) is 9.57. The molecule has 0 bridgehead atoms. The van der Waals surface area contributed by atoms with Crippen molar-refractivity contribution in [3.63, 3.8) is 0 Å². The standard InChI is InChI=1S/C23H22N4O5S/c1-12-11-13(27(31)32)7-8-17(12)26-20(28)18-16(9-10-33-2)25-23(19(18)21(26)29)14-5-3-4-6-15(14)24-22(23)30/h3-8,11,16,18-19,25H,9-10H2,1-2H3,(H,24,30)/t16-,18+,19+,23-/m1/s1. The number of hydrogen-bond donors (Lipinski definition) is 2. The third-order valence-corrected chi connectivity index (χ3v) is 7.53. The van der Waals surface area contributed by atoms with Crippen LogP contribution in [0.15, 0.2) is 42.5 Å². The Balaban J connectivity index is 1.63. The monoisotopic (exact) mass is 466 g/mol. The van der Waals surface area contributed by atoms with Crippen molar-refractivity contribution < 1.29 is 19.3 Å². The Bertz CT molecular complexity index is 1220. The van der Waals surface area contributed by atoms with Gasteiger partial charge in [-0.25, -0.2) is 4.90 Å². The van der Waals surface area contributed by atoms with Crippen molar-refractivity contribution in [1.29, 1.82) is 0 Å². The molecule has 2 fully saturated rings. The first kappa shape index (κ1) is 21.6. The van der Waals surface area contributed by atoms with Gasteiger partial charge in [-0.15, -0.1) is 0 Å². The highest BCUT2D eigenvalue weighted by Crippen LogP contribution is 2.54. The summed E-state index contributed by atoms with van der Waals surface area (Å²) in [4.78, 5) is 52.7. The van der Waals surface area contributed by atoms with Crippen LogP contribution < -0.4 is 15.5 Å². The van der Waals surface area contributed by atoms with Crippen molar-refractivity contribution in [2.24, 2.45) is 11.8 Å². The maximum atomic E-state index is 13.9. The van der Waals surface area contributed by atoms with Crippen LogP contribution in [0.2, 0.25) is 0 Å². The van der Waals surface area contributed by atoms with E-state index in [0.717, 1.165) is 10.7 Å². The molecule has 3 heterocycles. The van der Waals surface area contributed by atoms with Gasteiger partial charge in [-0.2, -0.15) is 11.8 Å². The van der Waals surface area contributed by atoms with Crippen LogP contribution in [0, 0.1) is 28.9 Å². The first-order chi connectivity index (χ1) is 15.8. The van der Waals surface area contributed by atoms with E-state index in [-0.39, 0.29) is 23.5 Å². The molecule has 2 aromatic rings. The quantitative estimate of drug-likeness (QED) is 0.395. The summed E-state index contributed by atoms with van der Waals surface area (Å²) in [7, 11) is 0. The van der Waals surface area contributed by atoms with Crippen molar-refractivity contribution in [3.05, 3.63) is 63.7 Å². The molecule has 2 aromatic carbocycles. The van der Waals surface area contributed by atoms with E-state index in [0.29, 0.717) is 28.9 Å². The van der Waals surface area contributed by atoms with Crippen molar-refractivity contribution >= 4 is 46.5 Å². The van der Waals surface area contributed by atoms with Gasteiger partial charge >= 0.3 is 0 Å². The van der Waals surface area contributed by atoms with E-state index < -0.39 is 28.2 Å². The fourth-order valence-electron chi connectivity index (χ4n) is 5.49. The fourth-order valence-corrected chi connectivity index (χ4v) is 5.98. The number of nitrogens with one attached hydrogen (secondary N) is 2. The molecule has 2 saturated heterocycles. The lowest BCUT2D eigenvalue weighted by Crippen LogP contribution is -2.53. The molecule has 9 nitrogen and oxygen atoms in total. The molecule has 5 rings (SSSR count). The van der Waals surface area contributed by atoms with Crippen molar-refractivity contribution in [2.75, 3.05) is 22.2 Å². The predicted octanol–water partition coefficient (Wildman–Crippen LogP) is 2.58. The summed E-state index contributed by atoms with van der Waals surface area (Å²) in [5.74, 6) is -2.04. The lowest BCUT2D eigenvalue weighted by atomic mass is 9.76. The van der Waals surface area contributed by atoms with Gasteiger partial charge in [-0.1, -0.05) is 18.2 Å². The fraction of sp³-hybridized carbons (Fsp3) is 0.348. The number of imide groups is 1. The average molecular weight is 467 g/mol. The predicted molar refractivity (Wildman–Crippen MR) is 124 cm³/mol. The van der Waals surface area contributed by atoms with E-state index in [1.165, 1.54) is 18.2 Å². The maximum absolute atomic E-state index is 13.9. The first-order valence-electron chi connectivity index (χ1n) is 10.6. The van der Waals surface area contributed by atoms with E-state index in [4.69, 9.17) is 0 Å². The molecule has 3 aliphatic rings. The summed E-state index contributed by atoms with van der Waals surface area (Å²) >= 11 is 1.63. The number of nitrogens with zero attached hydrogens (tertiary/aromatic N) is 2. The summed E-state index contributed by atoms with van der Waals surface area (Å²) in [6.07, 6.45) is 2.58. The molecule has 33 heavy (non-hydrogen) atoms. The number of amides is 3.